The molecule has 2 aromatic rings. The van der Waals surface area contributed by atoms with E-state index in [2.05, 4.69) is 10.3 Å². The van der Waals surface area contributed by atoms with Crippen molar-refractivity contribution >= 4 is 22.7 Å². The van der Waals surface area contributed by atoms with Gasteiger partial charge in [-0.15, -0.1) is 0 Å². The Labute approximate surface area is 134 Å². The molecule has 120 valence electrons. The summed E-state index contributed by atoms with van der Waals surface area (Å²) in [5.74, 6) is -0.367. The van der Waals surface area contributed by atoms with Crippen molar-refractivity contribution in [2.75, 3.05) is 26.7 Å². The summed E-state index contributed by atoms with van der Waals surface area (Å²) in [7, 11) is 1.56. The number of nitrogens with zero attached hydrogens (tertiary/aromatic N) is 2. The number of ether oxygens (including phenoxy) is 1. The second-order valence-electron chi connectivity index (χ2n) is 5.80. The predicted molar refractivity (Wildman–Crippen MR) is 86.1 cm³/mol. The van der Waals surface area contributed by atoms with Crippen molar-refractivity contribution in [1.82, 2.24) is 15.2 Å². The number of likely N-dealkylation sites (N-methyl/N-ethyl adjacent to an activating group) is 1. The van der Waals surface area contributed by atoms with Gasteiger partial charge in [-0.05, 0) is 19.1 Å². The van der Waals surface area contributed by atoms with Crippen LogP contribution in [0.2, 0.25) is 0 Å². The highest BCUT2D eigenvalue weighted by atomic mass is 16.5. The zero-order valence-electron chi connectivity index (χ0n) is 13.2. The van der Waals surface area contributed by atoms with Gasteiger partial charge in [0, 0.05) is 25.2 Å². The number of hydrogen-bond donors (Lipinski definition) is 1. The van der Waals surface area contributed by atoms with Gasteiger partial charge < -0.3 is 15.0 Å². The van der Waals surface area contributed by atoms with Crippen molar-refractivity contribution in [3.8, 4) is 0 Å². The monoisotopic (exact) mass is 313 g/mol. The van der Waals surface area contributed by atoms with Crippen LogP contribution in [0, 0.1) is 0 Å². The molecule has 6 nitrogen and oxygen atoms in total. The number of aromatic nitrogens is 1. The molecule has 1 fully saturated rings. The standard InChI is InChI=1S/C17H19N3O3/c1-17(16(22)18-2)11-20(7-8-23-17)15(21)13-9-12-5-3-4-6-14(12)19-10-13/h3-6,9-10H,7-8,11H2,1-2H3,(H,18,22)/t17-/m1/s1. The van der Waals surface area contributed by atoms with Crippen molar-refractivity contribution in [1.29, 1.82) is 0 Å². The molecule has 3 rings (SSSR count). The fourth-order valence-electron chi connectivity index (χ4n) is 2.82. The van der Waals surface area contributed by atoms with Gasteiger partial charge in [0.1, 0.15) is 0 Å². The molecule has 2 heterocycles. The summed E-state index contributed by atoms with van der Waals surface area (Å²) in [5, 5.41) is 3.50. The highest BCUT2D eigenvalue weighted by Crippen LogP contribution is 2.21. The van der Waals surface area contributed by atoms with Crippen LogP contribution in [0.1, 0.15) is 17.3 Å². The van der Waals surface area contributed by atoms with Gasteiger partial charge in [0.15, 0.2) is 5.60 Å². The number of nitrogens with one attached hydrogen (secondary N) is 1. The molecule has 6 heteroatoms. The van der Waals surface area contributed by atoms with Crippen molar-refractivity contribution < 1.29 is 14.3 Å². The lowest BCUT2D eigenvalue weighted by Gasteiger charge is -2.39. The maximum absolute atomic E-state index is 12.7. The van der Waals surface area contributed by atoms with Crippen molar-refractivity contribution in [3.63, 3.8) is 0 Å². The van der Waals surface area contributed by atoms with Crippen molar-refractivity contribution in [2.24, 2.45) is 0 Å². The smallest absolute Gasteiger partial charge is 0.255 e. The Morgan fingerprint density at radius 1 is 1.35 bits per heavy atom. The Hall–Kier alpha value is -2.47. The average Bonchev–Trinajstić information content (AvgIpc) is 2.60. The van der Waals surface area contributed by atoms with E-state index in [4.69, 9.17) is 4.74 Å². The average molecular weight is 313 g/mol. The van der Waals surface area contributed by atoms with Gasteiger partial charge >= 0.3 is 0 Å². The minimum Gasteiger partial charge on any atom is -0.362 e. The number of pyridine rings is 1. The largest absolute Gasteiger partial charge is 0.362 e. The first-order chi connectivity index (χ1) is 11.0. The Morgan fingerprint density at radius 3 is 2.91 bits per heavy atom. The molecule has 0 bridgehead atoms. The van der Waals surface area contributed by atoms with E-state index < -0.39 is 5.60 Å². The first-order valence-electron chi connectivity index (χ1n) is 7.54. The number of benzene rings is 1. The van der Waals surface area contributed by atoms with E-state index in [9.17, 15) is 9.59 Å². The molecule has 1 aliphatic heterocycles. The molecular formula is C17H19N3O3. The molecule has 0 saturated carbocycles. The SMILES string of the molecule is CNC(=O)[C@@]1(C)CN(C(=O)c2cnc3ccccc3c2)CCO1. The number of carbonyl (C=O) groups is 2. The van der Waals surface area contributed by atoms with Crippen LogP contribution < -0.4 is 5.32 Å². The Balaban J connectivity index is 1.85. The molecule has 0 unspecified atom stereocenters. The molecule has 1 saturated heterocycles. The van der Waals surface area contributed by atoms with Gasteiger partial charge in [-0.1, -0.05) is 18.2 Å². The van der Waals surface area contributed by atoms with Crippen LogP contribution in [-0.2, 0) is 9.53 Å². The molecule has 0 aliphatic carbocycles. The minimum absolute atomic E-state index is 0.137. The first kappa shape index (κ1) is 15.4. The van der Waals surface area contributed by atoms with Gasteiger partial charge in [0.05, 0.1) is 24.2 Å². The summed E-state index contributed by atoms with van der Waals surface area (Å²) in [5.41, 5.74) is 0.346. The van der Waals surface area contributed by atoms with E-state index in [0.29, 0.717) is 18.7 Å². The molecule has 0 spiro atoms. The van der Waals surface area contributed by atoms with E-state index in [0.717, 1.165) is 10.9 Å². The van der Waals surface area contributed by atoms with E-state index >= 15 is 0 Å². The van der Waals surface area contributed by atoms with Gasteiger partial charge in [-0.3, -0.25) is 14.6 Å². The van der Waals surface area contributed by atoms with Crippen LogP contribution in [0.25, 0.3) is 10.9 Å². The van der Waals surface area contributed by atoms with E-state index in [1.165, 1.54) is 0 Å². The van der Waals surface area contributed by atoms with Crippen LogP contribution in [-0.4, -0.2) is 54.0 Å². The topological polar surface area (TPSA) is 71.5 Å². The summed E-state index contributed by atoms with van der Waals surface area (Å²) in [6.07, 6.45) is 1.58. The number of amides is 2. The zero-order valence-corrected chi connectivity index (χ0v) is 13.2. The lowest BCUT2D eigenvalue weighted by atomic mass is 10.0. The van der Waals surface area contributed by atoms with Crippen LogP contribution >= 0.6 is 0 Å². The van der Waals surface area contributed by atoms with E-state index in [1.54, 1.807) is 25.1 Å². The first-order valence-corrected chi connectivity index (χ1v) is 7.54. The minimum atomic E-state index is -1.02. The second kappa shape index (κ2) is 5.96. The maximum atomic E-state index is 12.7. The number of rotatable bonds is 2. The Kier molecular flexibility index (Phi) is 4.00. The predicted octanol–water partition coefficient (Wildman–Crippen LogP) is 1.21. The zero-order chi connectivity index (χ0) is 16.4. The lowest BCUT2D eigenvalue weighted by Crippen LogP contribution is -2.58. The van der Waals surface area contributed by atoms with Gasteiger partial charge in [0.2, 0.25) is 0 Å². The third-order valence-electron chi connectivity index (χ3n) is 4.11. The fourth-order valence-corrected chi connectivity index (χ4v) is 2.82. The van der Waals surface area contributed by atoms with Gasteiger partial charge in [0.25, 0.3) is 11.8 Å². The molecule has 1 atom stereocenters. The van der Waals surface area contributed by atoms with E-state index in [-0.39, 0.29) is 18.4 Å². The molecule has 1 aliphatic rings. The molecule has 1 aromatic carbocycles. The summed E-state index contributed by atoms with van der Waals surface area (Å²) in [6.45, 7) is 2.71. The quantitative estimate of drug-likeness (QED) is 0.905. The summed E-state index contributed by atoms with van der Waals surface area (Å²) >= 11 is 0. The number of morpholine rings is 1. The van der Waals surface area contributed by atoms with Gasteiger partial charge in [-0.25, -0.2) is 0 Å². The van der Waals surface area contributed by atoms with E-state index in [1.807, 2.05) is 30.3 Å². The molecule has 1 N–H and O–H groups in total. The van der Waals surface area contributed by atoms with Crippen molar-refractivity contribution in [2.45, 2.75) is 12.5 Å². The third kappa shape index (κ3) is 2.90. The number of hydrogen-bond acceptors (Lipinski definition) is 4. The normalized spacial score (nSPS) is 21.2. The van der Waals surface area contributed by atoms with Crippen LogP contribution in [0.5, 0.6) is 0 Å². The molecule has 1 aromatic heterocycles. The highest BCUT2D eigenvalue weighted by molar-refractivity contribution is 5.98. The molecule has 0 radical (unpaired) electrons. The molecule has 2 amide bonds. The second-order valence-corrected chi connectivity index (χ2v) is 5.80. The number of fused-ring (bicyclic) bond motifs is 1. The van der Waals surface area contributed by atoms with Crippen LogP contribution in [0.15, 0.2) is 36.5 Å². The molecule has 23 heavy (non-hydrogen) atoms. The highest BCUT2D eigenvalue weighted by Gasteiger charge is 2.40. The summed E-state index contributed by atoms with van der Waals surface area (Å²) in [6, 6.07) is 9.48. The summed E-state index contributed by atoms with van der Waals surface area (Å²) < 4.78 is 5.58. The van der Waals surface area contributed by atoms with Crippen LogP contribution in [0.3, 0.4) is 0 Å². The lowest BCUT2D eigenvalue weighted by molar-refractivity contribution is -0.153. The summed E-state index contributed by atoms with van der Waals surface area (Å²) in [4.78, 5) is 30.7. The van der Waals surface area contributed by atoms with Crippen LogP contribution in [0.4, 0.5) is 0 Å². The maximum Gasteiger partial charge on any atom is 0.255 e. The third-order valence-corrected chi connectivity index (χ3v) is 4.11. The number of para-hydroxylation sites is 1. The molecular weight excluding hydrogens is 294 g/mol. The number of carbonyl (C=O) groups excluding carboxylic acids is 2. The Morgan fingerprint density at radius 2 is 2.13 bits per heavy atom. The van der Waals surface area contributed by atoms with Gasteiger partial charge in [-0.2, -0.15) is 0 Å². The van der Waals surface area contributed by atoms with Crippen molar-refractivity contribution in [3.05, 3.63) is 42.1 Å². The Bertz CT molecular complexity index is 762. The fraction of sp³-hybridized carbons (Fsp3) is 0.353.